The van der Waals surface area contributed by atoms with Gasteiger partial charge in [0, 0.05) is 12.1 Å². The van der Waals surface area contributed by atoms with Crippen LogP contribution in [0.3, 0.4) is 0 Å². The van der Waals surface area contributed by atoms with Gasteiger partial charge < -0.3 is 30.7 Å². The molecule has 3 amide bonds. The summed E-state index contributed by atoms with van der Waals surface area (Å²) >= 11 is 6.00. The zero-order valence-corrected chi connectivity index (χ0v) is 22.5. The SMILES string of the molecule is CC(NC(=O)c1ccc(N)c(Cl)c1)C(=O)N1CCC[C@H]1C(=O)NC1CC(=O)OC1OCCCc1ccccc1. The normalized spacial score (nSPS) is 21.3. The molecule has 0 aliphatic carbocycles. The summed E-state index contributed by atoms with van der Waals surface area (Å²) in [6.07, 6.45) is 1.76. The second-order valence-electron chi connectivity index (χ2n) is 9.76. The Morgan fingerprint density at radius 2 is 1.97 bits per heavy atom. The summed E-state index contributed by atoms with van der Waals surface area (Å²) in [5.74, 6) is -1.69. The van der Waals surface area contributed by atoms with Crippen LogP contribution in [0.1, 0.15) is 48.5 Å². The van der Waals surface area contributed by atoms with E-state index in [4.69, 9.17) is 26.8 Å². The molecule has 2 saturated heterocycles. The molecular formula is C28H33ClN4O6. The van der Waals surface area contributed by atoms with Crippen molar-refractivity contribution in [2.45, 2.75) is 63.4 Å². The standard InChI is InChI=1S/C28H33ClN4O6/c1-17(31-25(35)19-11-12-21(30)20(29)15-19)27(37)33-13-5-10-23(33)26(36)32-22-16-24(34)39-28(22)38-14-6-9-18-7-3-2-4-8-18/h2-4,7-8,11-12,15,17,22-23,28H,5-6,9-10,13-14,16,30H2,1H3,(H,31,35)(H,32,36)/t17?,22?,23-,28?/m0/s1. The van der Waals surface area contributed by atoms with Crippen molar-refractivity contribution in [1.29, 1.82) is 0 Å². The third-order valence-corrected chi connectivity index (χ3v) is 7.17. The van der Waals surface area contributed by atoms with Gasteiger partial charge in [-0.3, -0.25) is 19.2 Å². The zero-order valence-electron chi connectivity index (χ0n) is 21.7. The van der Waals surface area contributed by atoms with Gasteiger partial charge in [0.2, 0.25) is 18.1 Å². The highest BCUT2D eigenvalue weighted by Crippen LogP contribution is 2.23. The Labute approximate surface area is 232 Å². The Morgan fingerprint density at radius 1 is 1.21 bits per heavy atom. The maximum atomic E-state index is 13.2. The molecule has 0 spiro atoms. The lowest BCUT2D eigenvalue weighted by Gasteiger charge is -2.28. The number of cyclic esters (lactones) is 1. The van der Waals surface area contributed by atoms with Gasteiger partial charge >= 0.3 is 5.97 Å². The van der Waals surface area contributed by atoms with Crippen molar-refractivity contribution >= 4 is 41.0 Å². The van der Waals surface area contributed by atoms with E-state index in [-0.39, 0.29) is 28.8 Å². The Balaban J connectivity index is 1.29. The van der Waals surface area contributed by atoms with Crippen molar-refractivity contribution in [3.63, 3.8) is 0 Å². The van der Waals surface area contributed by atoms with Gasteiger partial charge in [0.15, 0.2) is 0 Å². The second-order valence-corrected chi connectivity index (χ2v) is 10.2. The van der Waals surface area contributed by atoms with Crippen LogP contribution in [0.25, 0.3) is 0 Å². The van der Waals surface area contributed by atoms with E-state index in [1.165, 1.54) is 28.7 Å². The second kappa shape index (κ2) is 12.9. The molecule has 11 heteroatoms. The van der Waals surface area contributed by atoms with Crippen LogP contribution in [0.15, 0.2) is 48.5 Å². The number of carbonyl (C=O) groups is 4. The fourth-order valence-electron chi connectivity index (χ4n) is 4.77. The minimum Gasteiger partial charge on any atom is -0.433 e. The number of halogens is 1. The topological polar surface area (TPSA) is 140 Å². The maximum Gasteiger partial charge on any atom is 0.310 e. The first-order chi connectivity index (χ1) is 18.7. The molecule has 2 aromatic rings. The molecule has 0 bridgehead atoms. The van der Waals surface area contributed by atoms with Gasteiger partial charge in [0.25, 0.3) is 5.91 Å². The number of aryl methyl sites for hydroxylation is 1. The monoisotopic (exact) mass is 556 g/mol. The molecule has 4 rings (SSSR count). The molecule has 208 valence electrons. The first-order valence-electron chi connectivity index (χ1n) is 13.0. The first-order valence-corrected chi connectivity index (χ1v) is 13.4. The van der Waals surface area contributed by atoms with E-state index in [1.807, 2.05) is 30.3 Å². The Bertz CT molecular complexity index is 1210. The van der Waals surface area contributed by atoms with E-state index in [1.54, 1.807) is 6.92 Å². The van der Waals surface area contributed by atoms with Crippen molar-refractivity contribution < 1.29 is 28.7 Å². The van der Waals surface area contributed by atoms with E-state index < -0.39 is 36.3 Å². The van der Waals surface area contributed by atoms with Gasteiger partial charge in [0.05, 0.1) is 23.7 Å². The first kappa shape index (κ1) is 28.4. The molecule has 2 heterocycles. The fourth-order valence-corrected chi connectivity index (χ4v) is 4.95. The van der Waals surface area contributed by atoms with Crippen LogP contribution in [0.4, 0.5) is 5.69 Å². The van der Waals surface area contributed by atoms with Crippen LogP contribution in [0, 0.1) is 0 Å². The molecule has 2 fully saturated rings. The smallest absolute Gasteiger partial charge is 0.310 e. The lowest BCUT2D eigenvalue weighted by atomic mass is 10.1. The van der Waals surface area contributed by atoms with Crippen LogP contribution in [0.2, 0.25) is 5.02 Å². The van der Waals surface area contributed by atoms with Crippen molar-refractivity contribution in [2.24, 2.45) is 0 Å². The Hall–Kier alpha value is -3.63. The van der Waals surface area contributed by atoms with Crippen molar-refractivity contribution in [3.8, 4) is 0 Å². The van der Waals surface area contributed by atoms with Gasteiger partial charge in [-0.05, 0) is 56.4 Å². The van der Waals surface area contributed by atoms with E-state index in [9.17, 15) is 19.2 Å². The predicted octanol–water partition coefficient (Wildman–Crippen LogP) is 2.44. The Kier molecular flexibility index (Phi) is 9.42. The molecule has 10 nitrogen and oxygen atoms in total. The molecule has 2 aliphatic heterocycles. The lowest BCUT2D eigenvalue weighted by Crippen LogP contribution is -2.54. The molecule has 4 N–H and O–H groups in total. The van der Waals surface area contributed by atoms with E-state index in [0.29, 0.717) is 31.7 Å². The minimum atomic E-state index is -0.882. The number of hydrogen-bond acceptors (Lipinski definition) is 7. The van der Waals surface area contributed by atoms with Crippen molar-refractivity contribution in [1.82, 2.24) is 15.5 Å². The third kappa shape index (κ3) is 7.27. The van der Waals surface area contributed by atoms with Gasteiger partial charge in [-0.1, -0.05) is 41.9 Å². The molecule has 0 saturated carbocycles. The van der Waals surface area contributed by atoms with Gasteiger partial charge in [-0.25, -0.2) is 0 Å². The molecule has 4 atom stereocenters. The van der Waals surface area contributed by atoms with Crippen molar-refractivity contribution in [2.75, 3.05) is 18.9 Å². The molecule has 2 aliphatic rings. The highest BCUT2D eigenvalue weighted by atomic mass is 35.5. The number of ether oxygens (including phenoxy) is 2. The number of amides is 3. The molecule has 39 heavy (non-hydrogen) atoms. The number of nitrogens with zero attached hydrogens (tertiary/aromatic N) is 1. The predicted molar refractivity (Wildman–Crippen MR) is 145 cm³/mol. The lowest BCUT2D eigenvalue weighted by molar-refractivity contribution is -0.165. The number of likely N-dealkylation sites (tertiary alicyclic amines) is 1. The van der Waals surface area contributed by atoms with E-state index >= 15 is 0 Å². The quantitative estimate of drug-likeness (QED) is 0.232. The van der Waals surface area contributed by atoms with E-state index in [2.05, 4.69) is 10.6 Å². The molecular weight excluding hydrogens is 524 g/mol. The number of anilines is 1. The third-order valence-electron chi connectivity index (χ3n) is 6.84. The summed E-state index contributed by atoms with van der Waals surface area (Å²) in [7, 11) is 0. The van der Waals surface area contributed by atoms with Gasteiger partial charge in [-0.2, -0.15) is 0 Å². The molecule has 0 aromatic heterocycles. The minimum absolute atomic E-state index is 0.00757. The summed E-state index contributed by atoms with van der Waals surface area (Å²) in [5.41, 5.74) is 7.49. The van der Waals surface area contributed by atoms with Crippen LogP contribution in [-0.2, 0) is 30.3 Å². The molecule has 3 unspecified atom stereocenters. The van der Waals surface area contributed by atoms with Crippen LogP contribution in [0.5, 0.6) is 0 Å². The number of nitrogens with one attached hydrogen (secondary N) is 2. The average molecular weight is 557 g/mol. The molecule has 2 aromatic carbocycles. The summed E-state index contributed by atoms with van der Waals surface area (Å²) in [4.78, 5) is 52.4. The van der Waals surface area contributed by atoms with Crippen LogP contribution >= 0.6 is 11.6 Å². The number of nitrogen functional groups attached to an aromatic ring is 1. The highest BCUT2D eigenvalue weighted by Gasteiger charge is 2.41. The zero-order chi connectivity index (χ0) is 27.9. The molecule has 0 radical (unpaired) electrons. The number of hydrogen-bond donors (Lipinski definition) is 3. The van der Waals surface area contributed by atoms with E-state index in [0.717, 1.165) is 12.8 Å². The van der Waals surface area contributed by atoms with Gasteiger partial charge in [-0.15, -0.1) is 0 Å². The fraction of sp³-hybridized carbons (Fsp3) is 0.429. The average Bonchev–Trinajstić information content (AvgIpc) is 3.54. The summed E-state index contributed by atoms with van der Waals surface area (Å²) in [6, 6.07) is 12.2. The van der Waals surface area contributed by atoms with Crippen LogP contribution in [-0.4, -0.2) is 66.2 Å². The number of rotatable bonds is 10. The maximum absolute atomic E-state index is 13.2. The summed E-state index contributed by atoms with van der Waals surface area (Å²) in [6.45, 7) is 2.31. The summed E-state index contributed by atoms with van der Waals surface area (Å²) in [5, 5.41) is 5.75. The number of carbonyl (C=O) groups excluding carboxylic acids is 4. The largest absolute Gasteiger partial charge is 0.433 e. The number of nitrogens with two attached hydrogens (primary N) is 1. The highest BCUT2D eigenvalue weighted by molar-refractivity contribution is 6.33. The Morgan fingerprint density at radius 3 is 2.72 bits per heavy atom. The summed E-state index contributed by atoms with van der Waals surface area (Å²) < 4.78 is 11.1. The van der Waals surface area contributed by atoms with Gasteiger partial charge in [0.1, 0.15) is 18.1 Å². The number of benzene rings is 2. The number of esters is 1. The van der Waals surface area contributed by atoms with Crippen molar-refractivity contribution in [3.05, 3.63) is 64.7 Å². The van der Waals surface area contributed by atoms with Crippen LogP contribution < -0.4 is 16.4 Å².